The lowest BCUT2D eigenvalue weighted by Crippen LogP contribution is -2.62. The van der Waals surface area contributed by atoms with Crippen molar-refractivity contribution in [2.45, 2.75) is 25.4 Å². The third-order valence-corrected chi connectivity index (χ3v) is 5.06. The Hall–Kier alpha value is -2.48. The van der Waals surface area contributed by atoms with E-state index >= 15 is 0 Å². The second-order valence-electron chi connectivity index (χ2n) is 6.43. The predicted octanol–water partition coefficient (Wildman–Crippen LogP) is 0.326. The molecule has 4 heterocycles. The summed E-state index contributed by atoms with van der Waals surface area (Å²) in [5.41, 5.74) is -0.553. The molecule has 0 bridgehead atoms. The van der Waals surface area contributed by atoms with Gasteiger partial charge in [0.15, 0.2) is 0 Å². The molecule has 4 rings (SSSR count). The second-order valence-corrected chi connectivity index (χ2v) is 6.43. The number of nitrogens with zero attached hydrogens (tertiary/aromatic N) is 3. The molecule has 8 nitrogen and oxygen atoms in total. The number of aromatic nitrogens is 2. The fourth-order valence-corrected chi connectivity index (χ4v) is 3.70. The summed E-state index contributed by atoms with van der Waals surface area (Å²) in [5, 5.41) is 17.6. The van der Waals surface area contributed by atoms with Crippen molar-refractivity contribution in [3.05, 3.63) is 24.1 Å². The smallest absolute Gasteiger partial charge is 0.293 e. The molecular formula is C16H18N4O4. The minimum atomic E-state index is -0.930. The van der Waals surface area contributed by atoms with E-state index in [0.717, 1.165) is 6.42 Å². The highest BCUT2D eigenvalue weighted by Crippen LogP contribution is 2.38. The van der Waals surface area contributed by atoms with Gasteiger partial charge in [0.25, 0.3) is 5.91 Å². The molecule has 2 aromatic rings. The van der Waals surface area contributed by atoms with Gasteiger partial charge in [-0.05, 0) is 31.4 Å². The highest BCUT2D eigenvalue weighted by atomic mass is 16.5. The van der Waals surface area contributed by atoms with Gasteiger partial charge < -0.3 is 19.8 Å². The van der Waals surface area contributed by atoms with Gasteiger partial charge in [-0.2, -0.15) is 0 Å². The van der Waals surface area contributed by atoms with Crippen molar-refractivity contribution in [3.63, 3.8) is 0 Å². The number of hydrogen-bond donors (Lipinski definition) is 2. The van der Waals surface area contributed by atoms with Crippen LogP contribution in [0.1, 0.15) is 29.8 Å². The minimum Gasteiger partial charge on any atom is -0.392 e. The minimum absolute atomic E-state index is 0.126. The molecular weight excluding hydrogens is 312 g/mol. The Morgan fingerprint density at radius 3 is 3.21 bits per heavy atom. The van der Waals surface area contributed by atoms with Crippen LogP contribution in [0.4, 0.5) is 0 Å². The zero-order valence-corrected chi connectivity index (χ0v) is 13.1. The monoisotopic (exact) mass is 330 g/mol. The lowest BCUT2D eigenvalue weighted by Gasteiger charge is -2.46. The summed E-state index contributed by atoms with van der Waals surface area (Å²) < 4.78 is 5.19. The zero-order valence-electron chi connectivity index (χ0n) is 13.1. The Balaban J connectivity index is 1.64. The molecule has 2 aromatic heterocycles. The fraction of sp³-hybridized carbons (Fsp3) is 0.500. The molecule has 2 N–H and O–H groups in total. The molecule has 2 aliphatic rings. The maximum absolute atomic E-state index is 12.9. The lowest BCUT2D eigenvalue weighted by molar-refractivity contribution is -0.147. The molecule has 24 heavy (non-hydrogen) atoms. The van der Waals surface area contributed by atoms with Crippen LogP contribution in [0, 0.1) is 5.41 Å². The van der Waals surface area contributed by atoms with E-state index in [2.05, 4.69) is 15.5 Å². The standard InChI is InChI=1S/C16H18N4O4/c21-11-4-8-20(9-16(11)5-2-7-18-15(16)23)14(22)12-10-3-1-6-17-13(10)19-24-12/h1,3,6,11,21H,2,4-5,7-9H2,(H,18,23)/t11-,16-/m1/s1. The predicted molar refractivity (Wildman–Crippen MR) is 83.0 cm³/mol. The number of fused-ring (bicyclic) bond motifs is 1. The van der Waals surface area contributed by atoms with Crippen LogP contribution in [-0.2, 0) is 4.79 Å². The third-order valence-electron chi connectivity index (χ3n) is 5.06. The first-order valence-electron chi connectivity index (χ1n) is 8.08. The van der Waals surface area contributed by atoms with Gasteiger partial charge in [0.1, 0.15) is 0 Å². The molecule has 126 valence electrons. The molecule has 1 spiro atoms. The summed E-state index contributed by atoms with van der Waals surface area (Å²) in [6.07, 6.45) is 2.57. The second kappa shape index (κ2) is 5.55. The Kier molecular flexibility index (Phi) is 3.49. The molecule has 2 saturated heterocycles. The van der Waals surface area contributed by atoms with Crippen LogP contribution in [0.15, 0.2) is 22.9 Å². The topological polar surface area (TPSA) is 109 Å². The van der Waals surface area contributed by atoms with Crippen LogP contribution in [0.5, 0.6) is 0 Å². The van der Waals surface area contributed by atoms with Crippen LogP contribution in [0.2, 0.25) is 0 Å². The van der Waals surface area contributed by atoms with Gasteiger partial charge in [0.05, 0.1) is 16.9 Å². The molecule has 8 heteroatoms. The first kappa shape index (κ1) is 15.1. The molecule has 2 atom stereocenters. The van der Waals surface area contributed by atoms with Crippen molar-refractivity contribution in [1.82, 2.24) is 20.4 Å². The summed E-state index contributed by atoms with van der Waals surface area (Å²) in [4.78, 5) is 30.9. The normalized spacial score (nSPS) is 27.5. The Morgan fingerprint density at radius 1 is 1.50 bits per heavy atom. The molecule has 0 saturated carbocycles. The van der Waals surface area contributed by atoms with Crippen molar-refractivity contribution in [3.8, 4) is 0 Å². The van der Waals surface area contributed by atoms with Crippen LogP contribution in [0.3, 0.4) is 0 Å². The van der Waals surface area contributed by atoms with Crippen LogP contribution >= 0.6 is 0 Å². The number of amides is 2. The number of nitrogens with one attached hydrogen (secondary N) is 1. The largest absolute Gasteiger partial charge is 0.392 e. The molecule has 0 aliphatic carbocycles. The van der Waals surface area contributed by atoms with Gasteiger partial charge in [-0.15, -0.1) is 0 Å². The summed E-state index contributed by atoms with van der Waals surface area (Å²) in [6, 6.07) is 3.44. The number of carbonyl (C=O) groups is 2. The number of piperidine rings is 2. The lowest BCUT2D eigenvalue weighted by atomic mass is 9.71. The number of aliphatic hydroxyl groups excluding tert-OH is 1. The average Bonchev–Trinajstić information content (AvgIpc) is 3.03. The maximum Gasteiger partial charge on any atom is 0.293 e. The van der Waals surface area contributed by atoms with Gasteiger partial charge in [0.2, 0.25) is 17.3 Å². The summed E-state index contributed by atoms with van der Waals surface area (Å²) >= 11 is 0. The summed E-state index contributed by atoms with van der Waals surface area (Å²) in [5.74, 6) is -0.376. The molecule has 2 amide bonds. The highest BCUT2D eigenvalue weighted by molar-refractivity contribution is 6.03. The number of likely N-dealkylation sites (tertiary alicyclic amines) is 1. The number of carbonyl (C=O) groups excluding carboxylic acids is 2. The molecule has 2 aliphatic heterocycles. The van der Waals surface area contributed by atoms with Gasteiger partial charge in [0, 0.05) is 25.8 Å². The average molecular weight is 330 g/mol. The zero-order chi connectivity index (χ0) is 16.7. The number of aliphatic hydroxyl groups is 1. The maximum atomic E-state index is 12.9. The quantitative estimate of drug-likeness (QED) is 0.780. The van der Waals surface area contributed by atoms with E-state index in [-0.39, 0.29) is 24.1 Å². The van der Waals surface area contributed by atoms with Crippen molar-refractivity contribution < 1.29 is 19.2 Å². The Bertz CT molecular complexity index is 804. The van der Waals surface area contributed by atoms with Crippen LogP contribution in [0.25, 0.3) is 11.0 Å². The van der Waals surface area contributed by atoms with Crippen LogP contribution in [-0.4, -0.2) is 57.7 Å². The van der Waals surface area contributed by atoms with E-state index in [1.165, 1.54) is 0 Å². The Morgan fingerprint density at radius 2 is 2.38 bits per heavy atom. The molecule has 2 fully saturated rings. The highest BCUT2D eigenvalue weighted by Gasteiger charge is 2.51. The van der Waals surface area contributed by atoms with Crippen molar-refractivity contribution in [2.75, 3.05) is 19.6 Å². The number of pyridine rings is 1. The first-order valence-corrected chi connectivity index (χ1v) is 8.08. The van der Waals surface area contributed by atoms with Crippen LogP contribution < -0.4 is 5.32 Å². The van der Waals surface area contributed by atoms with E-state index in [0.29, 0.717) is 37.0 Å². The number of hydrogen-bond acceptors (Lipinski definition) is 6. The molecule has 0 unspecified atom stereocenters. The third kappa shape index (κ3) is 2.17. The van der Waals surface area contributed by atoms with E-state index < -0.39 is 11.5 Å². The van der Waals surface area contributed by atoms with Gasteiger partial charge in [-0.1, -0.05) is 5.16 Å². The first-order chi connectivity index (χ1) is 11.6. The molecule has 0 radical (unpaired) electrons. The number of rotatable bonds is 1. The van der Waals surface area contributed by atoms with Crippen molar-refractivity contribution in [1.29, 1.82) is 0 Å². The summed E-state index contributed by atoms with van der Waals surface area (Å²) in [7, 11) is 0. The fourth-order valence-electron chi connectivity index (χ4n) is 3.70. The SMILES string of the molecule is O=C(c1onc2ncccc12)N1CC[C@@H](O)[C@@]2(CCCNC2=O)C1. The Labute approximate surface area is 137 Å². The van der Waals surface area contributed by atoms with E-state index in [1.807, 2.05) is 0 Å². The van der Waals surface area contributed by atoms with E-state index in [1.54, 1.807) is 23.2 Å². The van der Waals surface area contributed by atoms with Gasteiger partial charge in [-0.25, -0.2) is 4.98 Å². The van der Waals surface area contributed by atoms with Gasteiger partial charge in [-0.3, -0.25) is 9.59 Å². The molecule has 0 aromatic carbocycles. The van der Waals surface area contributed by atoms with E-state index in [9.17, 15) is 14.7 Å². The summed E-state index contributed by atoms with van der Waals surface area (Å²) in [6.45, 7) is 1.17. The van der Waals surface area contributed by atoms with Crippen molar-refractivity contribution in [2.24, 2.45) is 5.41 Å². The van der Waals surface area contributed by atoms with Gasteiger partial charge >= 0.3 is 0 Å². The van der Waals surface area contributed by atoms with Crippen molar-refractivity contribution >= 4 is 22.8 Å². The van der Waals surface area contributed by atoms with E-state index in [4.69, 9.17) is 4.52 Å².